The number of alkyl carbamates (subject to hydrolysis) is 1. The third-order valence-electron chi connectivity index (χ3n) is 4.99. The predicted octanol–water partition coefficient (Wildman–Crippen LogP) is 6.72. The van der Waals surface area contributed by atoms with E-state index in [1.165, 1.54) is 15.3 Å². The lowest BCUT2D eigenvalue weighted by molar-refractivity contribution is 0.0523. The highest BCUT2D eigenvalue weighted by molar-refractivity contribution is 7.13. The van der Waals surface area contributed by atoms with Crippen molar-refractivity contribution in [3.05, 3.63) is 82.1 Å². The molecule has 3 N–H and O–H groups in total. The number of hydrogen-bond donors (Lipinski definition) is 2. The van der Waals surface area contributed by atoms with E-state index in [0.717, 1.165) is 28.1 Å². The Kier molecular flexibility index (Phi) is 9.14. The van der Waals surface area contributed by atoms with E-state index in [1.54, 1.807) is 22.7 Å². The Morgan fingerprint density at radius 3 is 1.69 bits per heavy atom. The van der Waals surface area contributed by atoms with Gasteiger partial charge in [-0.25, -0.2) is 14.8 Å². The summed E-state index contributed by atoms with van der Waals surface area (Å²) in [5.74, 6) is 0. The molecule has 184 valence electrons. The van der Waals surface area contributed by atoms with Gasteiger partial charge in [-0.05, 0) is 56.9 Å². The molecule has 2 aromatic carbocycles. The Labute approximate surface area is 215 Å². The Balaban J connectivity index is 0.000000211. The Morgan fingerprint density at radius 2 is 1.31 bits per heavy atom. The summed E-state index contributed by atoms with van der Waals surface area (Å²) in [6, 6.07) is 16.4. The normalized spacial score (nSPS) is 10.9. The molecule has 4 rings (SSSR count). The molecule has 2 aromatic heterocycles. The zero-order valence-corrected chi connectivity index (χ0v) is 22.4. The minimum Gasteiger partial charge on any atom is -0.444 e. The third kappa shape index (κ3) is 7.99. The first-order valence-corrected chi connectivity index (χ1v) is 13.1. The van der Waals surface area contributed by atoms with Gasteiger partial charge < -0.3 is 15.8 Å². The van der Waals surface area contributed by atoms with Crippen molar-refractivity contribution in [2.45, 2.75) is 53.3 Å². The van der Waals surface area contributed by atoms with Gasteiger partial charge in [-0.1, -0.05) is 48.5 Å². The molecule has 8 heteroatoms. The molecule has 2 heterocycles. The summed E-state index contributed by atoms with van der Waals surface area (Å²) in [4.78, 5) is 22.5. The first-order valence-electron chi connectivity index (χ1n) is 11.3. The van der Waals surface area contributed by atoms with Crippen molar-refractivity contribution in [3.63, 3.8) is 0 Å². The van der Waals surface area contributed by atoms with Crippen LogP contribution in [0.1, 0.15) is 43.3 Å². The molecule has 0 aliphatic carbocycles. The van der Waals surface area contributed by atoms with Gasteiger partial charge in [0.05, 0.1) is 32.2 Å². The molecule has 0 radical (unpaired) electrons. The van der Waals surface area contributed by atoms with Crippen LogP contribution < -0.4 is 11.1 Å². The predicted molar refractivity (Wildman–Crippen MR) is 146 cm³/mol. The molecule has 4 aromatic rings. The number of rotatable bonds is 5. The number of carbonyl (C=O) groups is 1. The lowest BCUT2D eigenvalue weighted by Gasteiger charge is -2.19. The van der Waals surface area contributed by atoms with E-state index in [1.807, 2.05) is 69.9 Å². The highest BCUT2D eigenvalue weighted by atomic mass is 32.1. The van der Waals surface area contributed by atoms with E-state index in [0.29, 0.717) is 13.1 Å². The van der Waals surface area contributed by atoms with Crippen molar-refractivity contribution >= 4 is 28.8 Å². The van der Waals surface area contributed by atoms with Crippen molar-refractivity contribution in [2.75, 3.05) is 0 Å². The van der Waals surface area contributed by atoms with E-state index < -0.39 is 11.7 Å². The van der Waals surface area contributed by atoms with E-state index in [9.17, 15) is 4.79 Å². The van der Waals surface area contributed by atoms with Crippen LogP contribution in [0.3, 0.4) is 0 Å². The SMILES string of the molecule is Cc1ncsc1-c1ccc(CN)cc1.Cc1ncsc1-c1ccc(CNC(=O)OC(C)(C)C)cc1. The highest BCUT2D eigenvalue weighted by Gasteiger charge is 2.15. The number of nitrogens with zero attached hydrogens (tertiary/aromatic N) is 2. The number of nitrogens with one attached hydrogen (secondary N) is 1. The number of hydrogen-bond acceptors (Lipinski definition) is 7. The molecule has 1 amide bonds. The van der Waals surface area contributed by atoms with E-state index in [4.69, 9.17) is 10.5 Å². The van der Waals surface area contributed by atoms with Gasteiger partial charge in [0.2, 0.25) is 0 Å². The summed E-state index contributed by atoms with van der Waals surface area (Å²) in [6.07, 6.45) is -0.398. The monoisotopic (exact) mass is 508 g/mol. The second-order valence-corrected chi connectivity index (χ2v) is 10.7. The summed E-state index contributed by atoms with van der Waals surface area (Å²) in [5, 5.41) is 2.75. The number of carbonyl (C=O) groups excluding carboxylic acids is 1. The molecule has 0 unspecified atom stereocenters. The molecule has 0 aliphatic rings. The molecule has 0 bridgehead atoms. The minimum atomic E-state index is -0.475. The van der Waals surface area contributed by atoms with Gasteiger partial charge >= 0.3 is 6.09 Å². The van der Waals surface area contributed by atoms with Gasteiger partial charge in [-0.15, -0.1) is 22.7 Å². The third-order valence-corrected chi connectivity index (χ3v) is 6.95. The van der Waals surface area contributed by atoms with Gasteiger partial charge in [0.1, 0.15) is 5.60 Å². The lowest BCUT2D eigenvalue weighted by atomic mass is 10.1. The highest BCUT2D eigenvalue weighted by Crippen LogP contribution is 2.28. The van der Waals surface area contributed by atoms with Crippen LogP contribution in [0.15, 0.2) is 59.6 Å². The van der Waals surface area contributed by atoms with E-state index >= 15 is 0 Å². The van der Waals surface area contributed by atoms with Crippen LogP contribution in [-0.2, 0) is 17.8 Å². The van der Waals surface area contributed by atoms with Crippen LogP contribution in [0.25, 0.3) is 20.9 Å². The molecule has 0 spiro atoms. The average molecular weight is 509 g/mol. The van der Waals surface area contributed by atoms with Gasteiger partial charge in [0.25, 0.3) is 0 Å². The minimum absolute atomic E-state index is 0.398. The molecule has 35 heavy (non-hydrogen) atoms. The molecular weight excluding hydrogens is 476 g/mol. The molecule has 0 saturated heterocycles. The zero-order chi connectivity index (χ0) is 25.4. The first-order chi connectivity index (χ1) is 16.7. The maximum Gasteiger partial charge on any atom is 0.407 e. The van der Waals surface area contributed by atoms with Gasteiger partial charge in [0.15, 0.2) is 0 Å². The van der Waals surface area contributed by atoms with Crippen LogP contribution in [-0.4, -0.2) is 21.7 Å². The van der Waals surface area contributed by atoms with Crippen LogP contribution >= 0.6 is 22.7 Å². The van der Waals surface area contributed by atoms with Crippen LogP contribution in [0.2, 0.25) is 0 Å². The molecule has 0 aliphatic heterocycles. The van der Waals surface area contributed by atoms with Crippen molar-refractivity contribution in [2.24, 2.45) is 5.73 Å². The molecule has 6 nitrogen and oxygen atoms in total. The number of aromatic nitrogens is 2. The Bertz CT molecular complexity index is 1220. The number of benzene rings is 2. The molecule has 0 saturated carbocycles. The number of thiazole rings is 2. The maximum atomic E-state index is 11.6. The Hall–Kier alpha value is -3.07. The fourth-order valence-electron chi connectivity index (χ4n) is 3.21. The van der Waals surface area contributed by atoms with Crippen LogP contribution in [0.5, 0.6) is 0 Å². The average Bonchev–Trinajstić information content (AvgIpc) is 3.45. The van der Waals surface area contributed by atoms with Crippen LogP contribution in [0, 0.1) is 13.8 Å². The van der Waals surface area contributed by atoms with Crippen molar-refractivity contribution in [3.8, 4) is 20.9 Å². The largest absolute Gasteiger partial charge is 0.444 e. The van der Waals surface area contributed by atoms with E-state index in [2.05, 4.69) is 39.6 Å². The quantitative estimate of drug-likeness (QED) is 0.312. The molecule has 0 fully saturated rings. The number of ether oxygens (including phenoxy) is 1. The molecular formula is C27H32N4O2S2. The van der Waals surface area contributed by atoms with Crippen molar-refractivity contribution < 1.29 is 9.53 Å². The Morgan fingerprint density at radius 1 is 0.857 bits per heavy atom. The van der Waals surface area contributed by atoms with Gasteiger partial charge in [-0.2, -0.15) is 0 Å². The number of amides is 1. The molecule has 0 atom stereocenters. The zero-order valence-electron chi connectivity index (χ0n) is 20.8. The van der Waals surface area contributed by atoms with E-state index in [-0.39, 0.29) is 0 Å². The maximum absolute atomic E-state index is 11.6. The second-order valence-electron chi connectivity index (χ2n) is 8.99. The first kappa shape index (κ1) is 26.5. The topological polar surface area (TPSA) is 90.1 Å². The van der Waals surface area contributed by atoms with Crippen molar-refractivity contribution in [1.29, 1.82) is 0 Å². The summed E-state index contributed by atoms with van der Waals surface area (Å²) in [6.45, 7) is 10.6. The fourth-order valence-corrected chi connectivity index (χ4v) is 4.84. The summed E-state index contributed by atoms with van der Waals surface area (Å²) in [7, 11) is 0. The standard InChI is InChI=1S/C16H20N2O2S.C11H12N2S/c1-11-14(21-10-18-11)13-7-5-12(6-8-13)9-17-15(19)20-16(2,3)4;1-8-11(14-7-13-8)10-4-2-9(6-12)3-5-10/h5-8,10H,9H2,1-4H3,(H,17,19);2-5,7H,6,12H2,1H3. The second kappa shape index (κ2) is 12.1. The smallest absolute Gasteiger partial charge is 0.407 e. The number of aryl methyl sites for hydroxylation is 2. The summed E-state index contributed by atoms with van der Waals surface area (Å²) in [5.41, 5.74) is 15.5. The van der Waals surface area contributed by atoms with Gasteiger partial charge in [-0.3, -0.25) is 0 Å². The fraction of sp³-hybridized carbons (Fsp3) is 0.296. The lowest BCUT2D eigenvalue weighted by Crippen LogP contribution is -2.32. The van der Waals surface area contributed by atoms with Gasteiger partial charge in [0, 0.05) is 13.1 Å². The number of nitrogens with two attached hydrogens (primary N) is 1. The van der Waals surface area contributed by atoms with Crippen molar-refractivity contribution in [1.82, 2.24) is 15.3 Å². The van der Waals surface area contributed by atoms with Crippen LogP contribution in [0.4, 0.5) is 4.79 Å². The summed E-state index contributed by atoms with van der Waals surface area (Å²) < 4.78 is 5.20. The summed E-state index contributed by atoms with van der Waals surface area (Å²) >= 11 is 3.31.